The molecule has 0 spiro atoms. The topological polar surface area (TPSA) is 105 Å². The molecule has 0 bridgehead atoms. The van der Waals surface area contributed by atoms with Gasteiger partial charge >= 0.3 is 5.97 Å². The summed E-state index contributed by atoms with van der Waals surface area (Å²) in [4.78, 5) is 25.3. The summed E-state index contributed by atoms with van der Waals surface area (Å²) < 4.78 is 0.370. The second kappa shape index (κ2) is 4.76. The highest BCUT2D eigenvalue weighted by atomic mass is 79.9. The van der Waals surface area contributed by atoms with Gasteiger partial charge in [-0.15, -0.1) is 0 Å². The molecule has 7 nitrogen and oxygen atoms in total. The van der Waals surface area contributed by atoms with Crippen molar-refractivity contribution in [2.45, 2.75) is 25.3 Å². The van der Waals surface area contributed by atoms with Gasteiger partial charge in [0.2, 0.25) is 0 Å². The SMILES string of the molecule is CC(Nc1ncc([N+](=O)[O-])cc1Br)(C(=O)O)C1CC1. The number of aliphatic carboxylic acids is 1. The minimum Gasteiger partial charge on any atom is -0.480 e. The largest absolute Gasteiger partial charge is 0.480 e. The Bertz CT molecular complexity index is 547. The lowest BCUT2D eigenvalue weighted by molar-refractivity contribution is -0.385. The van der Waals surface area contributed by atoms with Gasteiger partial charge in [0.1, 0.15) is 17.6 Å². The normalized spacial score (nSPS) is 17.6. The summed E-state index contributed by atoms with van der Waals surface area (Å²) in [6.07, 6.45) is 2.79. The van der Waals surface area contributed by atoms with Crippen LogP contribution in [-0.2, 0) is 4.79 Å². The number of carboxylic acid groups (broad SMARTS) is 1. The van der Waals surface area contributed by atoms with E-state index in [0.717, 1.165) is 19.0 Å². The van der Waals surface area contributed by atoms with E-state index >= 15 is 0 Å². The van der Waals surface area contributed by atoms with Crippen LogP contribution >= 0.6 is 15.9 Å². The van der Waals surface area contributed by atoms with E-state index in [1.165, 1.54) is 6.07 Å². The van der Waals surface area contributed by atoms with Crippen molar-refractivity contribution >= 4 is 33.4 Å². The van der Waals surface area contributed by atoms with Crippen LogP contribution in [0.25, 0.3) is 0 Å². The van der Waals surface area contributed by atoms with Gasteiger partial charge in [0, 0.05) is 6.07 Å². The molecule has 0 amide bonds. The Labute approximate surface area is 117 Å². The first-order valence-electron chi connectivity index (χ1n) is 5.66. The Morgan fingerprint density at radius 3 is 2.74 bits per heavy atom. The lowest BCUT2D eigenvalue weighted by Crippen LogP contribution is -2.45. The van der Waals surface area contributed by atoms with Crippen molar-refractivity contribution in [1.82, 2.24) is 4.98 Å². The second-order valence-corrected chi connectivity index (χ2v) is 5.54. The number of aromatic nitrogens is 1. The second-order valence-electron chi connectivity index (χ2n) is 4.69. The molecule has 2 N–H and O–H groups in total. The molecule has 0 aliphatic heterocycles. The number of nitro groups is 1. The summed E-state index contributed by atoms with van der Waals surface area (Å²) in [5.74, 6) is -0.613. The number of nitrogens with one attached hydrogen (secondary N) is 1. The molecule has 1 aromatic rings. The number of carboxylic acids is 1. The molecule has 1 aliphatic carbocycles. The Kier molecular flexibility index (Phi) is 3.44. The van der Waals surface area contributed by atoms with Crippen molar-refractivity contribution in [2.24, 2.45) is 5.92 Å². The first-order chi connectivity index (χ1) is 8.84. The molecule has 0 radical (unpaired) electrons. The van der Waals surface area contributed by atoms with Crippen LogP contribution in [0.15, 0.2) is 16.7 Å². The Balaban J connectivity index is 2.27. The molecule has 0 saturated heterocycles. The summed E-state index contributed by atoms with van der Waals surface area (Å²) in [5, 5.41) is 22.8. The van der Waals surface area contributed by atoms with Gasteiger partial charge in [-0.2, -0.15) is 0 Å². The summed E-state index contributed by atoms with van der Waals surface area (Å²) >= 11 is 3.16. The van der Waals surface area contributed by atoms with Gasteiger partial charge in [0.05, 0.1) is 9.40 Å². The summed E-state index contributed by atoms with van der Waals surface area (Å²) in [6.45, 7) is 1.60. The molecule has 19 heavy (non-hydrogen) atoms. The zero-order chi connectivity index (χ0) is 14.2. The maximum absolute atomic E-state index is 11.4. The average Bonchev–Trinajstić information content (AvgIpc) is 3.15. The molecular formula is C11H12BrN3O4. The number of rotatable bonds is 5. The molecule has 1 unspecified atom stereocenters. The summed E-state index contributed by atoms with van der Waals surface area (Å²) in [5.41, 5.74) is -1.26. The Morgan fingerprint density at radius 2 is 2.32 bits per heavy atom. The molecule has 1 atom stereocenters. The van der Waals surface area contributed by atoms with Gasteiger partial charge in [-0.25, -0.2) is 9.78 Å². The van der Waals surface area contributed by atoms with Gasteiger partial charge in [0.15, 0.2) is 0 Å². The third-order valence-corrected chi connectivity index (χ3v) is 3.86. The molecule has 1 fully saturated rings. The van der Waals surface area contributed by atoms with Crippen LogP contribution in [0.1, 0.15) is 19.8 Å². The van der Waals surface area contributed by atoms with Crippen molar-refractivity contribution in [3.63, 3.8) is 0 Å². The van der Waals surface area contributed by atoms with Crippen molar-refractivity contribution < 1.29 is 14.8 Å². The third-order valence-electron chi connectivity index (χ3n) is 3.25. The van der Waals surface area contributed by atoms with Gasteiger partial charge in [-0.05, 0) is 41.6 Å². The summed E-state index contributed by atoms with van der Waals surface area (Å²) in [6, 6.07) is 1.30. The van der Waals surface area contributed by atoms with Crippen LogP contribution in [0.4, 0.5) is 11.5 Å². The van der Waals surface area contributed by atoms with Gasteiger partial charge < -0.3 is 10.4 Å². The predicted molar refractivity (Wildman–Crippen MR) is 71.0 cm³/mol. The van der Waals surface area contributed by atoms with E-state index in [9.17, 15) is 20.0 Å². The number of halogens is 1. The van der Waals surface area contributed by atoms with Crippen molar-refractivity contribution in [3.8, 4) is 0 Å². The van der Waals surface area contributed by atoms with Gasteiger partial charge in [0.25, 0.3) is 5.69 Å². The molecule has 1 aromatic heterocycles. The van der Waals surface area contributed by atoms with E-state index in [0.29, 0.717) is 10.3 Å². The molecule has 2 rings (SSSR count). The number of anilines is 1. The Morgan fingerprint density at radius 1 is 1.68 bits per heavy atom. The first-order valence-corrected chi connectivity index (χ1v) is 6.45. The number of pyridine rings is 1. The van der Waals surface area contributed by atoms with Gasteiger partial charge in [-0.1, -0.05) is 0 Å². The zero-order valence-corrected chi connectivity index (χ0v) is 11.7. The average molecular weight is 330 g/mol. The van der Waals surface area contributed by atoms with E-state index in [2.05, 4.69) is 26.2 Å². The quantitative estimate of drug-likeness (QED) is 0.634. The smallest absolute Gasteiger partial charge is 0.329 e. The van der Waals surface area contributed by atoms with E-state index in [1.54, 1.807) is 6.92 Å². The first kappa shape index (κ1) is 13.7. The van der Waals surface area contributed by atoms with Gasteiger partial charge in [-0.3, -0.25) is 10.1 Å². The van der Waals surface area contributed by atoms with Crippen molar-refractivity contribution in [3.05, 3.63) is 26.9 Å². The number of carbonyl (C=O) groups is 1. The molecular weight excluding hydrogens is 318 g/mol. The van der Waals surface area contributed by atoms with Crippen molar-refractivity contribution in [1.29, 1.82) is 0 Å². The minimum absolute atomic E-state index is 0.0499. The van der Waals surface area contributed by atoms with Crippen LogP contribution in [0.2, 0.25) is 0 Å². The highest BCUT2D eigenvalue weighted by Crippen LogP contribution is 2.42. The minimum atomic E-state index is -1.11. The highest BCUT2D eigenvalue weighted by molar-refractivity contribution is 9.10. The van der Waals surface area contributed by atoms with E-state index in [4.69, 9.17) is 0 Å². The molecule has 1 saturated carbocycles. The van der Waals surface area contributed by atoms with Crippen LogP contribution in [-0.4, -0.2) is 26.5 Å². The fourth-order valence-electron chi connectivity index (χ4n) is 1.86. The maximum atomic E-state index is 11.4. The molecule has 0 aromatic carbocycles. The summed E-state index contributed by atoms with van der Waals surface area (Å²) in [7, 11) is 0. The standard InChI is InChI=1S/C11H12BrN3O4/c1-11(10(16)17,6-2-3-6)14-9-8(12)4-7(5-13-9)15(18)19/h4-6H,2-3H2,1H3,(H,13,14)(H,16,17). The molecule has 1 heterocycles. The van der Waals surface area contributed by atoms with E-state index in [1.807, 2.05) is 0 Å². The molecule has 1 aliphatic rings. The van der Waals surface area contributed by atoms with Crippen LogP contribution in [0.3, 0.4) is 0 Å². The fraction of sp³-hybridized carbons (Fsp3) is 0.455. The number of hydrogen-bond donors (Lipinski definition) is 2. The lowest BCUT2D eigenvalue weighted by Gasteiger charge is -2.27. The molecule has 102 valence electrons. The lowest BCUT2D eigenvalue weighted by atomic mass is 9.96. The van der Waals surface area contributed by atoms with E-state index in [-0.39, 0.29) is 11.6 Å². The van der Waals surface area contributed by atoms with Crippen LogP contribution in [0.5, 0.6) is 0 Å². The fourth-order valence-corrected chi connectivity index (χ4v) is 2.29. The third kappa shape index (κ3) is 2.67. The van der Waals surface area contributed by atoms with E-state index < -0.39 is 16.4 Å². The van der Waals surface area contributed by atoms with Crippen LogP contribution in [0, 0.1) is 16.0 Å². The predicted octanol–water partition coefficient (Wildman–Crippen LogP) is 2.42. The number of hydrogen-bond acceptors (Lipinski definition) is 5. The highest BCUT2D eigenvalue weighted by Gasteiger charge is 2.48. The number of nitrogens with zero attached hydrogens (tertiary/aromatic N) is 2. The maximum Gasteiger partial charge on any atom is 0.329 e. The Hall–Kier alpha value is -1.70. The zero-order valence-electron chi connectivity index (χ0n) is 10.1. The monoisotopic (exact) mass is 329 g/mol. The molecule has 8 heteroatoms. The van der Waals surface area contributed by atoms with Crippen molar-refractivity contribution in [2.75, 3.05) is 5.32 Å². The van der Waals surface area contributed by atoms with Crippen LogP contribution < -0.4 is 5.32 Å².